The Bertz CT molecular complexity index is 1160. The van der Waals surface area contributed by atoms with E-state index in [1.54, 1.807) is 16.8 Å². The van der Waals surface area contributed by atoms with Gasteiger partial charge in [0.25, 0.3) is 0 Å². The number of piperidine rings is 1. The number of likely N-dealkylation sites (tertiary alicyclic amines) is 1. The van der Waals surface area contributed by atoms with Gasteiger partial charge in [-0.1, -0.05) is 0 Å². The van der Waals surface area contributed by atoms with Crippen molar-refractivity contribution in [3.8, 4) is 11.5 Å². The molecule has 11 nitrogen and oxygen atoms in total. The minimum atomic E-state index is -1.05. The van der Waals surface area contributed by atoms with E-state index in [0.717, 1.165) is 38.9 Å². The number of rotatable bonds is 6. The molecule has 1 fully saturated rings. The molecule has 0 aliphatic carbocycles. The summed E-state index contributed by atoms with van der Waals surface area (Å²) in [7, 11) is 0. The number of amides is 1. The van der Waals surface area contributed by atoms with Gasteiger partial charge in [-0.15, -0.1) is 0 Å². The summed E-state index contributed by atoms with van der Waals surface area (Å²) >= 11 is 0. The number of carbonyl (C=O) groups is 2. The number of benzene rings is 1. The van der Waals surface area contributed by atoms with Crippen molar-refractivity contribution in [2.75, 3.05) is 31.5 Å². The largest absolute Gasteiger partial charge is 0.478 e. The molecule has 1 saturated heterocycles. The van der Waals surface area contributed by atoms with Crippen molar-refractivity contribution in [2.24, 2.45) is 0 Å². The molecule has 2 aromatic rings. The van der Waals surface area contributed by atoms with Gasteiger partial charge in [0.15, 0.2) is 17.3 Å². The molecule has 3 heterocycles. The van der Waals surface area contributed by atoms with Crippen molar-refractivity contribution >= 4 is 23.6 Å². The van der Waals surface area contributed by atoms with Crippen molar-refractivity contribution in [1.29, 1.82) is 0 Å². The number of hydrogen-bond acceptors (Lipinski definition) is 8. The number of nitrogens with one attached hydrogen (secondary N) is 2. The molecule has 188 valence electrons. The number of carboxylic acid groups (broad SMARTS) is 1. The number of aromatic nitrogens is 2. The van der Waals surface area contributed by atoms with E-state index in [4.69, 9.17) is 9.47 Å². The molecular formula is C24H31N5O6. The Hall–Kier alpha value is -3.60. The maximum atomic E-state index is 12.7. The first-order chi connectivity index (χ1) is 16.6. The van der Waals surface area contributed by atoms with E-state index in [2.05, 4.69) is 20.5 Å². The van der Waals surface area contributed by atoms with Gasteiger partial charge in [-0.05, 0) is 64.8 Å². The average Bonchev–Trinajstić information content (AvgIpc) is 2.79. The summed E-state index contributed by atoms with van der Waals surface area (Å²) in [5.74, 6) is 0.130. The van der Waals surface area contributed by atoms with Crippen LogP contribution in [0, 0.1) is 0 Å². The van der Waals surface area contributed by atoms with E-state index in [-0.39, 0.29) is 23.1 Å². The Morgan fingerprint density at radius 2 is 2.00 bits per heavy atom. The normalized spacial score (nSPS) is 15.9. The van der Waals surface area contributed by atoms with Crippen molar-refractivity contribution < 1.29 is 24.2 Å². The smallest absolute Gasteiger partial charge is 0.407 e. The van der Waals surface area contributed by atoms with Crippen LogP contribution in [0.2, 0.25) is 0 Å². The first kappa shape index (κ1) is 24.5. The summed E-state index contributed by atoms with van der Waals surface area (Å²) in [6.45, 7) is 8.56. The highest BCUT2D eigenvalue weighted by Crippen LogP contribution is 2.40. The maximum Gasteiger partial charge on any atom is 0.407 e. The third-order valence-electron chi connectivity index (χ3n) is 5.89. The highest BCUT2D eigenvalue weighted by Gasteiger charge is 2.26. The summed E-state index contributed by atoms with van der Waals surface area (Å²) in [6, 6.07) is 4.51. The molecule has 1 aromatic heterocycles. The van der Waals surface area contributed by atoms with Gasteiger partial charge < -0.3 is 30.1 Å². The Morgan fingerprint density at radius 3 is 2.69 bits per heavy atom. The molecule has 0 radical (unpaired) electrons. The molecule has 0 atom stereocenters. The van der Waals surface area contributed by atoms with Gasteiger partial charge in [-0.2, -0.15) is 4.98 Å². The van der Waals surface area contributed by atoms with Crippen molar-refractivity contribution in [3.05, 3.63) is 40.4 Å². The number of anilines is 2. The van der Waals surface area contributed by atoms with E-state index in [1.165, 1.54) is 12.1 Å². The molecule has 3 N–H and O–H groups in total. The number of nitrogens with zero attached hydrogens (tertiary/aromatic N) is 3. The molecule has 0 saturated carbocycles. The van der Waals surface area contributed by atoms with Crippen LogP contribution in [-0.2, 0) is 4.74 Å². The van der Waals surface area contributed by atoms with Gasteiger partial charge in [0, 0.05) is 25.7 Å². The van der Waals surface area contributed by atoms with Gasteiger partial charge in [0.2, 0.25) is 0 Å². The molecule has 2 aliphatic rings. The van der Waals surface area contributed by atoms with Crippen LogP contribution >= 0.6 is 0 Å². The van der Waals surface area contributed by atoms with Crippen molar-refractivity contribution in [1.82, 2.24) is 19.8 Å². The number of fused-ring (bicyclic) bond motifs is 2. The van der Waals surface area contributed by atoms with E-state index in [0.29, 0.717) is 23.7 Å². The fourth-order valence-electron chi connectivity index (χ4n) is 4.20. The molecule has 0 bridgehead atoms. The molecule has 4 rings (SSSR count). The predicted molar refractivity (Wildman–Crippen MR) is 129 cm³/mol. The summed E-state index contributed by atoms with van der Waals surface area (Å²) in [6.07, 6.45) is 3.68. The highest BCUT2D eigenvalue weighted by atomic mass is 16.6. The van der Waals surface area contributed by atoms with Crippen LogP contribution < -0.4 is 21.1 Å². The second-order valence-corrected chi connectivity index (χ2v) is 9.74. The van der Waals surface area contributed by atoms with Crippen LogP contribution in [0.1, 0.15) is 56.4 Å². The fraction of sp³-hybridized carbons (Fsp3) is 0.500. The van der Waals surface area contributed by atoms with Crippen LogP contribution in [0.15, 0.2) is 29.2 Å². The lowest BCUT2D eigenvalue weighted by Gasteiger charge is -2.33. The SMILES string of the molecule is CC(C)(C)OC(=O)NCCCN1CCC(n2cc3c(nc2=O)Nc2cc(C(=O)O)ccc2O3)CC1. The molecule has 1 aromatic carbocycles. The van der Waals surface area contributed by atoms with E-state index in [1.807, 2.05) is 20.8 Å². The number of ether oxygens (including phenoxy) is 2. The molecule has 0 spiro atoms. The molecule has 1 amide bonds. The molecule has 35 heavy (non-hydrogen) atoms. The summed E-state index contributed by atoms with van der Waals surface area (Å²) in [5, 5.41) is 15.0. The van der Waals surface area contributed by atoms with Crippen molar-refractivity contribution in [3.63, 3.8) is 0 Å². The number of carbonyl (C=O) groups excluding carboxylic acids is 1. The Labute approximate surface area is 203 Å². The second kappa shape index (κ2) is 9.95. The molecular weight excluding hydrogens is 454 g/mol. The van der Waals surface area contributed by atoms with Gasteiger partial charge in [-0.25, -0.2) is 14.4 Å². The Kier molecular flexibility index (Phi) is 6.97. The minimum absolute atomic E-state index is 0.0100. The number of aromatic carboxylic acids is 1. The quantitative estimate of drug-likeness (QED) is 0.449. The zero-order chi connectivity index (χ0) is 25.2. The van der Waals surface area contributed by atoms with Gasteiger partial charge in [0.05, 0.1) is 17.4 Å². The lowest BCUT2D eigenvalue weighted by atomic mass is 10.0. The number of hydrogen-bond donors (Lipinski definition) is 3. The maximum absolute atomic E-state index is 12.7. The summed E-state index contributed by atoms with van der Waals surface area (Å²) in [5.41, 5.74) is -0.317. The first-order valence-corrected chi connectivity index (χ1v) is 11.7. The zero-order valence-electron chi connectivity index (χ0n) is 20.2. The predicted octanol–water partition coefficient (Wildman–Crippen LogP) is 3.34. The summed E-state index contributed by atoms with van der Waals surface area (Å²) in [4.78, 5) is 42.1. The zero-order valence-corrected chi connectivity index (χ0v) is 20.2. The second-order valence-electron chi connectivity index (χ2n) is 9.74. The van der Waals surface area contributed by atoms with E-state index >= 15 is 0 Å². The Morgan fingerprint density at radius 1 is 1.26 bits per heavy atom. The molecule has 0 unspecified atom stereocenters. The van der Waals surface area contributed by atoms with Gasteiger partial charge in [0.1, 0.15) is 5.60 Å². The average molecular weight is 486 g/mol. The fourth-order valence-corrected chi connectivity index (χ4v) is 4.20. The van der Waals surface area contributed by atoms with Gasteiger partial charge in [-0.3, -0.25) is 4.57 Å². The lowest BCUT2D eigenvalue weighted by molar-refractivity contribution is 0.0524. The topological polar surface area (TPSA) is 135 Å². The van der Waals surface area contributed by atoms with E-state index < -0.39 is 17.7 Å². The van der Waals surface area contributed by atoms with Crippen LogP contribution in [0.4, 0.5) is 16.3 Å². The number of carboxylic acids is 1. The minimum Gasteiger partial charge on any atom is -0.478 e. The Balaban J connectivity index is 1.30. The highest BCUT2D eigenvalue weighted by molar-refractivity contribution is 5.90. The monoisotopic (exact) mass is 485 g/mol. The van der Waals surface area contributed by atoms with Gasteiger partial charge >= 0.3 is 17.8 Å². The standard InChI is InChI=1S/C24H31N5O6/c1-24(2,3)35-23(33)25-9-4-10-28-11-7-16(8-12-28)29-14-19-20(27-22(29)32)26-17-13-15(21(30)31)5-6-18(17)34-19/h5-6,13-14,16H,4,7-12H2,1-3H3,(H,25,33)(H,30,31)(H,26,27,32). The third-order valence-corrected chi connectivity index (χ3v) is 5.89. The first-order valence-electron chi connectivity index (χ1n) is 11.7. The van der Waals surface area contributed by atoms with Crippen LogP contribution in [0.5, 0.6) is 11.5 Å². The van der Waals surface area contributed by atoms with Crippen molar-refractivity contribution in [2.45, 2.75) is 51.7 Å². The van der Waals surface area contributed by atoms with Crippen LogP contribution in [0.3, 0.4) is 0 Å². The molecule has 11 heteroatoms. The van der Waals surface area contributed by atoms with Crippen LogP contribution in [-0.4, -0.2) is 63.4 Å². The van der Waals surface area contributed by atoms with Crippen LogP contribution in [0.25, 0.3) is 0 Å². The van der Waals surface area contributed by atoms with E-state index in [9.17, 15) is 19.5 Å². The molecule has 2 aliphatic heterocycles. The lowest BCUT2D eigenvalue weighted by Crippen LogP contribution is -2.39. The number of alkyl carbamates (subject to hydrolysis) is 1. The summed E-state index contributed by atoms with van der Waals surface area (Å²) < 4.78 is 12.8. The third kappa shape index (κ3) is 6.10.